The molecule has 0 aliphatic heterocycles. The molecule has 1 atom stereocenters. The maximum absolute atomic E-state index is 11.9. The van der Waals surface area contributed by atoms with Gasteiger partial charge in [-0.1, -0.05) is 19.7 Å². The fraction of sp³-hybridized carbons (Fsp3) is 0.500. The van der Waals surface area contributed by atoms with Gasteiger partial charge in [0.05, 0.1) is 12.0 Å². The normalized spacial score (nSPS) is 14.1. The van der Waals surface area contributed by atoms with Gasteiger partial charge in [-0.3, -0.25) is 0 Å². The topological polar surface area (TPSA) is 55.4 Å². The predicted molar refractivity (Wildman–Crippen MR) is 67.7 cm³/mol. The van der Waals surface area contributed by atoms with Crippen molar-refractivity contribution in [3.63, 3.8) is 0 Å². The molecule has 17 heavy (non-hydrogen) atoms. The van der Waals surface area contributed by atoms with Gasteiger partial charge in [0.25, 0.3) is 0 Å². The summed E-state index contributed by atoms with van der Waals surface area (Å²) in [5.41, 5.74) is 0. The Morgan fingerprint density at radius 1 is 1.29 bits per heavy atom. The first-order valence-corrected chi connectivity index (χ1v) is 7.00. The van der Waals surface area contributed by atoms with E-state index in [0.29, 0.717) is 25.1 Å². The van der Waals surface area contributed by atoms with Crippen molar-refractivity contribution in [2.24, 2.45) is 0 Å². The molecular formula is C12H19NO3S. The maximum atomic E-state index is 11.9. The molecular weight excluding hydrogens is 238 g/mol. The van der Waals surface area contributed by atoms with Crippen LogP contribution in [0, 0.1) is 0 Å². The zero-order chi connectivity index (χ0) is 13.6. The standard InChI is InChI=1S/C12H19NO3S/c1-3-4-5-10-13-17(14,15)12-8-6-11(16-2)7-9-12/h6-9,13H,3-5,10H2,1-2H3/i3D. The van der Waals surface area contributed by atoms with Crippen molar-refractivity contribution in [1.29, 1.82) is 0 Å². The summed E-state index contributed by atoms with van der Waals surface area (Å²) in [7, 11) is -1.92. The number of hydrogen-bond donors (Lipinski definition) is 1. The van der Waals surface area contributed by atoms with Crippen LogP contribution < -0.4 is 9.46 Å². The molecule has 96 valence electrons. The fourth-order valence-corrected chi connectivity index (χ4v) is 2.43. The molecule has 4 nitrogen and oxygen atoms in total. The molecule has 0 aromatic heterocycles. The first kappa shape index (κ1) is 12.4. The first-order chi connectivity index (χ1) is 8.45. The molecule has 0 aliphatic rings. The van der Waals surface area contributed by atoms with Crippen LogP contribution in [0.5, 0.6) is 5.75 Å². The number of hydrogen-bond acceptors (Lipinski definition) is 3. The largest absolute Gasteiger partial charge is 0.497 e. The summed E-state index contributed by atoms with van der Waals surface area (Å²) in [6.07, 6.45) is 1.20. The Morgan fingerprint density at radius 3 is 2.47 bits per heavy atom. The molecule has 0 heterocycles. The molecule has 0 radical (unpaired) electrons. The summed E-state index contributed by atoms with van der Waals surface area (Å²) in [5, 5.41) is 0. The summed E-state index contributed by atoms with van der Waals surface area (Å²) < 4.78 is 38.6. The Bertz CT molecular complexity index is 457. The van der Waals surface area contributed by atoms with E-state index in [-0.39, 0.29) is 11.3 Å². The van der Waals surface area contributed by atoms with Crippen LogP contribution in [0.3, 0.4) is 0 Å². The van der Waals surface area contributed by atoms with Crippen LogP contribution in [-0.4, -0.2) is 22.1 Å². The molecule has 1 N–H and O–H groups in total. The van der Waals surface area contributed by atoms with E-state index >= 15 is 0 Å². The molecule has 0 bridgehead atoms. The SMILES string of the molecule is [2H]C(C)CCCNS(=O)(=O)c1ccc(OC)cc1. The average Bonchev–Trinajstić information content (AvgIpc) is 2.34. The van der Waals surface area contributed by atoms with Crippen LogP contribution in [0.15, 0.2) is 29.2 Å². The van der Waals surface area contributed by atoms with Crippen LogP contribution in [0.1, 0.15) is 27.5 Å². The van der Waals surface area contributed by atoms with Gasteiger partial charge in [-0.15, -0.1) is 0 Å². The highest BCUT2D eigenvalue weighted by Gasteiger charge is 2.12. The highest BCUT2D eigenvalue weighted by molar-refractivity contribution is 7.89. The van der Waals surface area contributed by atoms with E-state index in [4.69, 9.17) is 6.11 Å². The van der Waals surface area contributed by atoms with Gasteiger partial charge in [0.15, 0.2) is 0 Å². The molecule has 0 saturated carbocycles. The van der Waals surface area contributed by atoms with E-state index in [9.17, 15) is 8.42 Å². The molecule has 0 amide bonds. The zero-order valence-electron chi connectivity index (χ0n) is 11.1. The summed E-state index contributed by atoms with van der Waals surface area (Å²) in [5.74, 6) is 0.622. The molecule has 1 aromatic carbocycles. The van der Waals surface area contributed by atoms with Crippen LogP contribution in [0.2, 0.25) is 0 Å². The lowest BCUT2D eigenvalue weighted by Gasteiger charge is -2.07. The van der Waals surface area contributed by atoms with Crippen LogP contribution in [-0.2, 0) is 10.0 Å². The third-order valence-electron chi connectivity index (χ3n) is 2.33. The van der Waals surface area contributed by atoms with Crippen molar-refractivity contribution in [3.8, 4) is 5.75 Å². The monoisotopic (exact) mass is 258 g/mol. The van der Waals surface area contributed by atoms with Crippen LogP contribution in [0.4, 0.5) is 0 Å². The Labute approximate surface area is 104 Å². The van der Waals surface area contributed by atoms with E-state index in [1.807, 2.05) is 0 Å². The minimum absolute atomic E-state index is 0.157. The van der Waals surface area contributed by atoms with Gasteiger partial charge in [0.2, 0.25) is 10.0 Å². The lowest BCUT2D eigenvalue weighted by molar-refractivity contribution is 0.414. The van der Waals surface area contributed by atoms with Crippen LogP contribution in [0.25, 0.3) is 0 Å². The number of ether oxygens (including phenoxy) is 1. The van der Waals surface area contributed by atoms with Crippen molar-refractivity contribution in [2.75, 3.05) is 13.7 Å². The van der Waals surface area contributed by atoms with Gasteiger partial charge in [0.1, 0.15) is 5.75 Å². The zero-order valence-corrected chi connectivity index (χ0v) is 11.0. The Kier molecular flexibility index (Phi) is 4.82. The van der Waals surface area contributed by atoms with Gasteiger partial charge in [-0.05, 0) is 30.7 Å². The van der Waals surface area contributed by atoms with Crippen molar-refractivity contribution in [3.05, 3.63) is 24.3 Å². The number of nitrogens with one attached hydrogen (secondary N) is 1. The summed E-state index contributed by atoms with van der Waals surface area (Å²) in [6, 6.07) is 6.24. The Balaban J connectivity index is 2.57. The molecule has 0 fully saturated rings. The smallest absolute Gasteiger partial charge is 0.240 e. The predicted octanol–water partition coefficient (Wildman–Crippen LogP) is 2.16. The van der Waals surface area contributed by atoms with Crippen molar-refractivity contribution in [1.82, 2.24) is 4.72 Å². The number of methoxy groups -OCH3 is 1. The number of rotatable bonds is 7. The number of sulfonamides is 1. The van der Waals surface area contributed by atoms with E-state index in [1.54, 1.807) is 19.1 Å². The van der Waals surface area contributed by atoms with Gasteiger partial charge >= 0.3 is 0 Å². The molecule has 0 spiro atoms. The van der Waals surface area contributed by atoms with Crippen LogP contribution >= 0.6 is 0 Å². The third kappa shape index (κ3) is 4.36. The lowest BCUT2D eigenvalue weighted by atomic mass is 10.3. The van der Waals surface area contributed by atoms with Gasteiger partial charge in [-0.2, -0.15) is 0 Å². The highest BCUT2D eigenvalue weighted by Crippen LogP contribution is 2.15. The maximum Gasteiger partial charge on any atom is 0.240 e. The average molecular weight is 258 g/mol. The minimum Gasteiger partial charge on any atom is -0.497 e. The summed E-state index contributed by atoms with van der Waals surface area (Å²) in [6.45, 7) is 2.15. The fourth-order valence-electron chi connectivity index (χ4n) is 1.35. The summed E-state index contributed by atoms with van der Waals surface area (Å²) >= 11 is 0. The van der Waals surface area contributed by atoms with E-state index in [1.165, 1.54) is 19.2 Å². The van der Waals surface area contributed by atoms with E-state index < -0.39 is 10.0 Å². The molecule has 1 rings (SSSR count). The lowest BCUT2D eigenvalue weighted by Crippen LogP contribution is -2.24. The second-order valence-corrected chi connectivity index (χ2v) is 5.39. The Morgan fingerprint density at radius 2 is 1.94 bits per heavy atom. The van der Waals surface area contributed by atoms with E-state index in [2.05, 4.69) is 4.72 Å². The van der Waals surface area contributed by atoms with Crippen molar-refractivity contribution >= 4 is 10.0 Å². The third-order valence-corrected chi connectivity index (χ3v) is 3.81. The number of benzene rings is 1. The van der Waals surface area contributed by atoms with E-state index in [0.717, 1.165) is 0 Å². The summed E-state index contributed by atoms with van der Waals surface area (Å²) in [4.78, 5) is 0.224. The van der Waals surface area contributed by atoms with Crippen molar-refractivity contribution in [2.45, 2.75) is 31.1 Å². The Hall–Kier alpha value is -1.07. The van der Waals surface area contributed by atoms with Gasteiger partial charge in [-0.25, -0.2) is 13.1 Å². The molecule has 1 unspecified atom stereocenters. The highest BCUT2D eigenvalue weighted by atomic mass is 32.2. The van der Waals surface area contributed by atoms with Crippen molar-refractivity contribution < 1.29 is 14.5 Å². The second-order valence-electron chi connectivity index (χ2n) is 3.62. The first-order valence-electron chi connectivity index (χ1n) is 6.09. The minimum atomic E-state index is -3.45. The molecule has 1 aromatic rings. The molecule has 0 saturated heterocycles. The van der Waals surface area contributed by atoms with Gasteiger partial charge < -0.3 is 4.74 Å². The second kappa shape index (κ2) is 6.61. The quantitative estimate of drug-likeness (QED) is 0.763. The molecule has 5 heteroatoms. The van der Waals surface area contributed by atoms with Gasteiger partial charge in [0, 0.05) is 7.92 Å². The molecule has 0 aliphatic carbocycles.